The molecule has 15 heavy (non-hydrogen) atoms. The van der Waals surface area contributed by atoms with Gasteiger partial charge in [-0.25, -0.2) is 9.36 Å². The second kappa shape index (κ2) is 11.0. The number of phosphoric acid groups is 1. The summed E-state index contributed by atoms with van der Waals surface area (Å²) >= 11 is 0. The maximum atomic E-state index is 9.54. The van der Waals surface area contributed by atoms with Crippen molar-refractivity contribution >= 4 is 19.6 Å². The van der Waals surface area contributed by atoms with Gasteiger partial charge in [-0.2, -0.15) is 0 Å². The lowest BCUT2D eigenvalue weighted by atomic mass is 10.5. The molecular formula is C6H13O8P. The van der Waals surface area contributed by atoms with Crippen LogP contribution in [0.25, 0.3) is 0 Å². The molecule has 0 aromatic carbocycles. The number of hydrogen-bond acceptors (Lipinski definition) is 4. The molecule has 0 aliphatic carbocycles. The van der Waals surface area contributed by atoms with Crippen molar-refractivity contribution in [1.82, 2.24) is 0 Å². The Bertz CT molecular complexity index is 221. The van der Waals surface area contributed by atoms with Crippen LogP contribution in [0.15, 0.2) is 12.7 Å². The lowest BCUT2D eigenvalue weighted by Gasteiger charge is -1.82. The highest BCUT2D eigenvalue weighted by Crippen LogP contribution is 2.25. The quantitative estimate of drug-likeness (QED) is 0.233. The van der Waals surface area contributed by atoms with Crippen molar-refractivity contribution in [3.8, 4) is 0 Å². The van der Waals surface area contributed by atoms with Crippen LogP contribution in [-0.2, 0) is 14.2 Å². The molecule has 0 fully saturated rings. The number of aliphatic carboxylic acids is 1. The number of aliphatic hydroxyl groups excluding tert-OH is 1. The van der Waals surface area contributed by atoms with Crippen LogP contribution in [0.1, 0.15) is 6.92 Å². The van der Waals surface area contributed by atoms with Crippen LogP contribution in [-0.4, -0.2) is 43.3 Å². The number of carbonyl (C=O) groups is 2. The highest BCUT2D eigenvalue weighted by molar-refractivity contribution is 7.45. The largest absolute Gasteiger partial charge is 0.476 e. The van der Waals surface area contributed by atoms with Gasteiger partial charge in [0.15, 0.2) is 0 Å². The first kappa shape index (κ1) is 19.5. The Balaban J connectivity index is -0.000000147. The topological polar surface area (TPSA) is 152 Å². The summed E-state index contributed by atoms with van der Waals surface area (Å²) in [6, 6.07) is 0. The van der Waals surface area contributed by atoms with E-state index in [1.807, 2.05) is 0 Å². The van der Waals surface area contributed by atoms with Crippen LogP contribution in [0.4, 0.5) is 0 Å². The van der Waals surface area contributed by atoms with Gasteiger partial charge in [-0.15, -0.1) is 6.58 Å². The van der Waals surface area contributed by atoms with E-state index in [9.17, 15) is 9.59 Å². The summed E-state index contributed by atoms with van der Waals surface area (Å²) < 4.78 is 8.88. The molecule has 9 heteroatoms. The highest BCUT2D eigenvalue weighted by Gasteiger charge is 2.00. The molecule has 0 bridgehead atoms. The molecule has 0 saturated carbocycles. The molecule has 0 atom stereocenters. The molecular weight excluding hydrogens is 231 g/mol. The van der Waals surface area contributed by atoms with E-state index in [4.69, 9.17) is 29.5 Å². The smallest absolute Gasteiger partial charge is 0.466 e. The Morgan fingerprint density at radius 1 is 1.33 bits per heavy atom. The van der Waals surface area contributed by atoms with Gasteiger partial charge in [0.25, 0.3) is 0 Å². The molecule has 5 N–H and O–H groups in total. The number of rotatable bonds is 2. The normalized spacial score (nSPS) is 8.60. The molecule has 0 aromatic heterocycles. The molecule has 8 nitrogen and oxygen atoms in total. The van der Waals surface area contributed by atoms with Gasteiger partial charge >= 0.3 is 13.8 Å². The molecule has 0 aliphatic rings. The van der Waals surface area contributed by atoms with Gasteiger partial charge < -0.3 is 24.9 Å². The van der Waals surface area contributed by atoms with E-state index < -0.39 is 19.6 Å². The van der Waals surface area contributed by atoms with E-state index in [0.29, 0.717) is 0 Å². The van der Waals surface area contributed by atoms with Gasteiger partial charge in [0.05, 0.1) is 6.61 Å². The van der Waals surface area contributed by atoms with E-state index in [2.05, 4.69) is 6.58 Å². The lowest BCUT2D eigenvalue weighted by Crippen LogP contribution is -2.05. The summed E-state index contributed by atoms with van der Waals surface area (Å²) in [6.07, 6.45) is 1.43. The van der Waals surface area contributed by atoms with Crippen molar-refractivity contribution in [2.75, 3.05) is 6.61 Å². The number of carbonyl (C=O) groups excluding carboxylic acids is 1. The van der Waals surface area contributed by atoms with Gasteiger partial charge in [0, 0.05) is 6.92 Å². The predicted octanol–water partition coefficient (Wildman–Crippen LogP) is -1.10. The van der Waals surface area contributed by atoms with Crippen LogP contribution in [0.2, 0.25) is 0 Å². The van der Waals surface area contributed by atoms with E-state index in [0.717, 1.165) is 6.92 Å². The Kier molecular flexibility index (Phi) is 14.3. The van der Waals surface area contributed by atoms with Crippen LogP contribution in [0.3, 0.4) is 0 Å². The summed E-state index contributed by atoms with van der Waals surface area (Å²) in [5, 5.41) is 15.4. The van der Waals surface area contributed by atoms with Crippen LogP contribution in [0, 0.1) is 0 Å². The van der Waals surface area contributed by atoms with E-state index >= 15 is 0 Å². The average molecular weight is 244 g/mol. The van der Waals surface area contributed by atoms with Gasteiger partial charge in [0.2, 0.25) is 5.78 Å². The Morgan fingerprint density at radius 3 is 1.47 bits per heavy atom. The molecule has 90 valence electrons. The minimum absolute atomic E-state index is 0.0833. The predicted molar refractivity (Wildman–Crippen MR) is 49.9 cm³/mol. The van der Waals surface area contributed by atoms with E-state index in [1.165, 1.54) is 6.08 Å². The fourth-order valence-electron chi connectivity index (χ4n) is 0. The minimum atomic E-state index is -4.64. The lowest BCUT2D eigenvalue weighted by molar-refractivity contribution is -0.148. The molecule has 0 rings (SSSR count). The Hall–Kier alpha value is -1.05. The van der Waals surface area contributed by atoms with Crippen molar-refractivity contribution in [3.05, 3.63) is 12.7 Å². The molecule has 0 amide bonds. The molecule has 0 unspecified atom stereocenters. The third-order valence-electron chi connectivity index (χ3n) is 0.430. The fraction of sp³-hybridized carbons (Fsp3) is 0.333. The number of carboxylic acids is 1. The number of aliphatic hydroxyl groups is 1. The molecule has 0 spiro atoms. The second-order valence-corrected chi connectivity index (χ2v) is 2.87. The standard InChI is InChI=1S/C3H4O3.C3H6O.H3O4P/c1-2(4)3(5)6;1-2-3-4;1-5(2,3)4/h1H3,(H,5,6);2,4H,1,3H2;(H3,1,2,3,4). The number of Topliss-reactive ketones (excluding diaryl/α,β-unsaturated/α-hetero) is 1. The molecule has 0 heterocycles. The summed E-state index contributed by atoms with van der Waals surface area (Å²) in [7, 11) is -4.64. The number of hydrogen-bond donors (Lipinski definition) is 5. The van der Waals surface area contributed by atoms with Gasteiger partial charge in [0.1, 0.15) is 0 Å². The monoisotopic (exact) mass is 244 g/mol. The first-order chi connectivity index (χ1) is 6.56. The molecule has 0 saturated heterocycles. The van der Waals surface area contributed by atoms with Crippen molar-refractivity contribution in [2.24, 2.45) is 0 Å². The van der Waals surface area contributed by atoms with E-state index in [1.54, 1.807) is 0 Å². The third kappa shape index (κ3) is 99.5. The van der Waals surface area contributed by atoms with Crippen molar-refractivity contribution in [2.45, 2.75) is 6.92 Å². The summed E-state index contributed by atoms with van der Waals surface area (Å²) in [5.74, 6) is -2.20. The fourth-order valence-corrected chi connectivity index (χ4v) is 0. The van der Waals surface area contributed by atoms with E-state index in [-0.39, 0.29) is 6.61 Å². The number of carboxylic acid groups (broad SMARTS) is 1. The maximum Gasteiger partial charge on any atom is 0.466 e. The average Bonchev–Trinajstić information content (AvgIpc) is 2.01. The summed E-state index contributed by atoms with van der Waals surface area (Å²) in [6.45, 7) is 4.31. The maximum absolute atomic E-state index is 9.54. The van der Waals surface area contributed by atoms with Crippen molar-refractivity contribution in [3.63, 3.8) is 0 Å². The highest BCUT2D eigenvalue weighted by atomic mass is 31.2. The van der Waals surface area contributed by atoms with Crippen molar-refractivity contribution in [1.29, 1.82) is 0 Å². The summed E-state index contributed by atoms with van der Waals surface area (Å²) in [5.41, 5.74) is 0. The van der Waals surface area contributed by atoms with Crippen molar-refractivity contribution < 1.29 is 39.0 Å². The zero-order valence-corrected chi connectivity index (χ0v) is 8.79. The molecule has 0 aromatic rings. The van der Waals surface area contributed by atoms with Gasteiger partial charge in [-0.05, 0) is 0 Å². The zero-order chi connectivity index (χ0) is 13.1. The second-order valence-electron chi connectivity index (χ2n) is 1.85. The van der Waals surface area contributed by atoms with Crippen LogP contribution < -0.4 is 0 Å². The Labute approximate surface area is 85.7 Å². The SMILES string of the molecule is C=CCO.CC(=O)C(=O)O.O=P(O)(O)O. The van der Waals surface area contributed by atoms with Crippen LogP contribution in [0.5, 0.6) is 0 Å². The first-order valence-electron chi connectivity index (χ1n) is 3.30. The zero-order valence-electron chi connectivity index (χ0n) is 7.90. The van der Waals surface area contributed by atoms with Crippen LogP contribution >= 0.6 is 7.82 Å². The Morgan fingerprint density at radius 2 is 1.47 bits per heavy atom. The molecule has 0 radical (unpaired) electrons. The minimum Gasteiger partial charge on any atom is -0.476 e. The number of ketones is 1. The third-order valence-corrected chi connectivity index (χ3v) is 0.430. The first-order valence-corrected chi connectivity index (χ1v) is 4.86. The molecule has 0 aliphatic heterocycles. The van der Waals surface area contributed by atoms with Gasteiger partial charge in [-0.1, -0.05) is 6.08 Å². The van der Waals surface area contributed by atoms with Gasteiger partial charge in [-0.3, -0.25) is 4.79 Å². The summed E-state index contributed by atoms with van der Waals surface area (Å²) in [4.78, 5) is 40.5.